The Balaban J connectivity index is -0.0000000450. The van der Waals surface area contributed by atoms with Gasteiger partial charge in [-0.15, -0.1) is 0 Å². The minimum atomic E-state index is 0. The zero-order valence-corrected chi connectivity index (χ0v) is 6.25. The van der Waals surface area contributed by atoms with Crippen molar-refractivity contribution in [3.8, 4) is 0 Å². The molecule has 0 amide bonds. The number of rotatable bonds is 1. The van der Waals surface area contributed by atoms with Crippen molar-refractivity contribution in [2.24, 2.45) is 0 Å². The second-order valence-corrected chi connectivity index (χ2v) is 0.616. The van der Waals surface area contributed by atoms with Crippen LogP contribution in [0.5, 0.6) is 0 Å². The van der Waals surface area contributed by atoms with Crippen molar-refractivity contribution >= 4 is 11.6 Å². The zero-order chi connectivity index (χ0) is 3.41. The van der Waals surface area contributed by atoms with E-state index in [1.54, 1.807) is 7.11 Å². The van der Waals surface area contributed by atoms with Gasteiger partial charge in [-0.1, -0.05) is 11.6 Å². The molecule has 0 unspecified atom stereocenters. The number of ether oxygens (including phenoxy) is 1. The van der Waals surface area contributed by atoms with E-state index in [1.165, 1.54) is 0 Å². The third-order valence-corrected chi connectivity index (χ3v) is 0.327. The van der Waals surface area contributed by atoms with Gasteiger partial charge in [-0.2, -0.15) is 0 Å². The van der Waals surface area contributed by atoms with Crippen LogP contribution in [0.4, 0.5) is 0 Å². The number of methoxy groups -OCH3 is 1. The smallest absolute Gasteiger partial charge is 1.00 e. The van der Waals surface area contributed by atoms with Gasteiger partial charge in [-0.25, -0.2) is 0 Å². The topological polar surface area (TPSA) is 9.23 Å². The first-order valence-corrected chi connectivity index (χ1v) is 1.50. The second-order valence-electron chi connectivity index (χ2n) is 0.398. The van der Waals surface area contributed by atoms with Gasteiger partial charge >= 0.3 is 29.6 Å². The molecule has 0 spiro atoms. The predicted octanol–water partition coefficient (Wildman–Crippen LogP) is -2.05. The molecular weight excluding hydrogens is 98.5 g/mol. The van der Waals surface area contributed by atoms with Gasteiger partial charge in [0, 0.05) is 7.11 Å². The molecule has 0 aromatic carbocycles. The van der Waals surface area contributed by atoms with E-state index in [1.807, 2.05) is 0 Å². The average Bonchev–Trinajstić information content (AvgIpc) is 1.37. The van der Waals surface area contributed by atoms with E-state index in [2.05, 4.69) is 4.74 Å². The van der Waals surface area contributed by atoms with Crippen LogP contribution in [0.25, 0.3) is 0 Å². The summed E-state index contributed by atoms with van der Waals surface area (Å²) >= 11 is 4.96. The van der Waals surface area contributed by atoms with Crippen LogP contribution in [0, 0.1) is 0 Å². The summed E-state index contributed by atoms with van der Waals surface area (Å²) in [6.45, 7) is 0. The Morgan fingerprint density at radius 3 is 2.20 bits per heavy atom. The first-order chi connectivity index (χ1) is 1.91. The Labute approximate surface area is 60.4 Å². The minimum absolute atomic E-state index is 0. The minimum Gasteiger partial charge on any atom is -1.00 e. The Hall–Kier alpha value is 1.25. The van der Waals surface area contributed by atoms with E-state index >= 15 is 0 Å². The average molecular weight is 105 g/mol. The van der Waals surface area contributed by atoms with Gasteiger partial charge in [0.1, 0.15) is 6.07 Å². The first kappa shape index (κ1) is 9.54. The summed E-state index contributed by atoms with van der Waals surface area (Å²) < 4.78 is 4.31. The molecule has 0 aliphatic carbocycles. The number of halogens is 1. The molecule has 0 aromatic rings. The Kier molecular flexibility index (Phi) is 17.1. The molecule has 0 fully saturated rings. The van der Waals surface area contributed by atoms with E-state index in [0.717, 1.165) is 0 Å². The van der Waals surface area contributed by atoms with Crippen molar-refractivity contribution < 1.29 is 35.7 Å². The van der Waals surface area contributed by atoms with Crippen LogP contribution in [0.3, 0.4) is 0 Å². The summed E-state index contributed by atoms with van der Waals surface area (Å²) in [6.07, 6.45) is 0. The summed E-state index contributed by atoms with van der Waals surface area (Å²) in [5.74, 6) is 0. The number of alkyl halides is 1. The number of hydrogen-bond donors (Lipinski definition) is 0. The molecule has 28 valence electrons. The fraction of sp³-hybridized carbons (Fsp3) is 1.00. The summed E-state index contributed by atoms with van der Waals surface area (Å²) in [4.78, 5) is 0. The molecule has 0 saturated carbocycles. The monoisotopic (exact) mass is 104 g/mol. The largest absolute Gasteiger partial charge is 1.00 e. The van der Waals surface area contributed by atoms with E-state index in [4.69, 9.17) is 11.6 Å². The quantitative estimate of drug-likeness (QED) is 0.275. The molecule has 0 atom stereocenters. The van der Waals surface area contributed by atoms with Crippen molar-refractivity contribution in [1.82, 2.24) is 0 Å². The van der Waals surface area contributed by atoms with Crippen LogP contribution in [0.2, 0.25) is 0 Å². The standard InChI is InChI=1S/C2H5ClO.Na.H/c1-4-2-3;;/h2H2,1H3;;/q;+1;-1. The van der Waals surface area contributed by atoms with E-state index in [-0.39, 0.29) is 31.0 Å². The van der Waals surface area contributed by atoms with E-state index < -0.39 is 0 Å². The predicted molar refractivity (Wildman–Crippen MR) is 18.8 cm³/mol. The van der Waals surface area contributed by atoms with Gasteiger partial charge in [-0.3, -0.25) is 0 Å². The maximum absolute atomic E-state index is 4.96. The Morgan fingerprint density at radius 1 is 2.00 bits per heavy atom. The van der Waals surface area contributed by atoms with Crippen molar-refractivity contribution in [1.29, 1.82) is 0 Å². The van der Waals surface area contributed by atoms with Crippen LogP contribution >= 0.6 is 11.6 Å². The molecule has 0 rings (SSSR count). The van der Waals surface area contributed by atoms with E-state index in [9.17, 15) is 0 Å². The van der Waals surface area contributed by atoms with Gasteiger partial charge < -0.3 is 6.16 Å². The molecule has 0 bridgehead atoms. The molecule has 0 N–H and O–H groups in total. The summed E-state index contributed by atoms with van der Waals surface area (Å²) in [5.41, 5.74) is 0. The molecule has 0 saturated heterocycles. The van der Waals surface area contributed by atoms with E-state index in [0.29, 0.717) is 6.07 Å². The molecule has 5 heavy (non-hydrogen) atoms. The molecule has 0 aliphatic rings. The van der Waals surface area contributed by atoms with Gasteiger partial charge in [0.05, 0.1) is 0 Å². The van der Waals surface area contributed by atoms with Gasteiger partial charge in [0.25, 0.3) is 0 Å². The van der Waals surface area contributed by atoms with Crippen molar-refractivity contribution in [2.45, 2.75) is 0 Å². The normalized spacial score (nSPS) is 6.00. The Bertz CT molecular complexity index is 15.5. The van der Waals surface area contributed by atoms with Crippen molar-refractivity contribution in [3.63, 3.8) is 0 Å². The third kappa shape index (κ3) is 11.0. The SMILES string of the molecule is COCCl.[H-].[Na+]. The maximum Gasteiger partial charge on any atom is 1.00 e. The molecule has 3 heteroatoms. The maximum atomic E-state index is 4.96. The van der Waals surface area contributed by atoms with Gasteiger partial charge in [0.2, 0.25) is 0 Å². The van der Waals surface area contributed by atoms with Crippen LogP contribution in [-0.4, -0.2) is 13.2 Å². The Morgan fingerprint density at radius 2 is 2.20 bits per heavy atom. The van der Waals surface area contributed by atoms with Gasteiger partial charge in [-0.05, 0) is 0 Å². The zero-order valence-electron chi connectivity index (χ0n) is 4.49. The molecule has 0 aliphatic heterocycles. The van der Waals surface area contributed by atoms with Crippen LogP contribution < -0.4 is 29.6 Å². The molecular formula is C2H6ClNaO. The number of hydrogen-bond acceptors (Lipinski definition) is 1. The first-order valence-electron chi connectivity index (χ1n) is 0.964. The van der Waals surface area contributed by atoms with Crippen LogP contribution in [0.1, 0.15) is 1.43 Å². The molecule has 1 nitrogen and oxygen atoms in total. The van der Waals surface area contributed by atoms with Crippen molar-refractivity contribution in [3.05, 3.63) is 0 Å². The summed E-state index contributed by atoms with van der Waals surface area (Å²) in [6, 6.07) is 0.292. The second kappa shape index (κ2) is 8.98. The molecule has 0 heterocycles. The summed E-state index contributed by atoms with van der Waals surface area (Å²) in [7, 11) is 1.55. The fourth-order valence-electron chi connectivity index (χ4n) is 0. The van der Waals surface area contributed by atoms with Crippen LogP contribution in [-0.2, 0) is 4.74 Å². The fourth-order valence-corrected chi connectivity index (χ4v) is 0. The third-order valence-electron chi connectivity index (χ3n) is 0.109. The summed E-state index contributed by atoms with van der Waals surface area (Å²) in [5, 5.41) is 0. The van der Waals surface area contributed by atoms with Crippen LogP contribution in [0.15, 0.2) is 0 Å². The molecule has 0 aromatic heterocycles. The van der Waals surface area contributed by atoms with Crippen molar-refractivity contribution in [2.75, 3.05) is 13.2 Å². The van der Waals surface area contributed by atoms with Gasteiger partial charge in [0.15, 0.2) is 0 Å². The molecule has 0 radical (unpaired) electrons.